The molecule has 0 saturated carbocycles. The zero-order chi connectivity index (χ0) is 40.4. The number of hydrogen-bond donors (Lipinski definition) is 2. The van der Waals surface area contributed by atoms with E-state index in [0.29, 0.717) is 16.1 Å². The largest absolute Gasteiger partial charge is 0.435 e. The third-order valence-corrected chi connectivity index (χ3v) is 8.36. The zero-order valence-electron chi connectivity index (χ0n) is 27.9. The van der Waals surface area contributed by atoms with Gasteiger partial charge < -0.3 is 10.6 Å². The number of carbonyl (C=O) groups excluding carboxylic acids is 2. The lowest BCUT2D eigenvalue weighted by Crippen LogP contribution is -2.18. The third kappa shape index (κ3) is 9.12. The molecule has 0 bridgehead atoms. The molecule has 0 fully saturated rings. The first-order valence-electron chi connectivity index (χ1n) is 15.4. The number of aryl methyl sites for hydroxylation is 2. The lowest BCUT2D eigenvalue weighted by Gasteiger charge is -2.13. The molecule has 2 N–H and O–H groups in total. The Morgan fingerprint density at radius 2 is 1.16 bits per heavy atom. The monoisotopic (exact) mass is 812 g/mol. The predicted octanol–water partition coefficient (Wildman–Crippen LogP) is 10.5. The average Bonchev–Trinajstić information content (AvgIpc) is 3.72. The number of benzene rings is 4. The summed E-state index contributed by atoms with van der Waals surface area (Å²) in [5.74, 6) is -6.18. The third-order valence-electron chi connectivity index (χ3n) is 7.62. The van der Waals surface area contributed by atoms with E-state index in [2.05, 4.69) is 20.8 Å². The van der Waals surface area contributed by atoms with Crippen molar-refractivity contribution in [1.29, 1.82) is 0 Å². The first kappa shape index (κ1) is 40.4. The molecule has 6 aromatic rings. The molecule has 2 aromatic heterocycles. The van der Waals surface area contributed by atoms with Gasteiger partial charge in [-0.2, -0.15) is 23.4 Å². The summed E-state index contributed by atoms with van der Waals surface area (Å²) >= 11 is 11.9. The number of nitrogens with one attached hydrogen (secondary N) is 2. The van der Waals surface area contributed by atoms with Gasteiger partial charge in [0.05, 0.1) is 32.5 Å². The first-order chi connectivity index (χ1) is 25.8. The van der Waals surface area contributed by atoms with Crippen molar-refractivity contribution in [3.05, 3.63) is 141 Å². The molecule has 2 amide bonds. The van der Waals surface area contributed by atoms with Gasteiger partial charge in [0, 0.05) is 37.6 Å². The van der Waals surface area contributed by atoms with Gasteiger partial charge >= 0.3 is 6.18 Å². The van der Waals surface area contributed by atoms with Crippen LogP contribution in [0.3, 0.4) is 0 Å². The second-order valence-electron chi connectivity index (χ2n) is 11.5. The number of alkyl halides is 5. The highest BCUT2D eigenvalue weighted by atomic mass is 35.5. The van der Waals surface area contributed by atoms with Crippen molar-refractivity contribution >= 4 is 46.4 Å². The Morgan fingerprint density at radius 3 is 1.69 bits per heavy atom. The van der Waals surface area contributed by atoms with E-state index in [1.807, 2.05) is 0 Å². The molecule has 55 heavy (non-hydrogen) atoms. The maximum atomic E-state index is 14.4. The highest BCUT2D eigenvalue weighted by Gasteiger charge is 2.39. The van der Waals surface area contributed by atoms with Crippen LogP contribution in [-0.4, -0.2) is 31.4 Å². The van der Waals surface area contributed by atoms with Crippen molar-refractivity contribution in [1.82, 2.24) is 19.6 Å². The van der Waals surface area contributed by atoms with Gasteiger partial charge in [-0.25, -0.2) is 26.3 Å². The molecule has 0 aliphatic rings. The number of halogens is 11. The van der Waals surface area contributed by atoms with Gasteiger partial charge in [-0.15, -0.1) is 0 Å². The fraction of sp³-hybridized carbons (Fsp3) is 0.111. The predicted molar refractivity (Wildman–Crippen MR) is 186 cm³/mol. The molecule has 0 aliphatic heterocycles. The summed E-state index contributed by atoms with van der Waals surface area (Å²) in [6, 6.07) is 15.1. The number of carbonyl (C=O) groups is 2. The molecule has 0 aliphatic carbocycles. The van der Waals surface area contributed by atoms with E-state index < -0.39 is 70.3 Å². The van der Waals surface area contributed by atoms with Gasteiger partial charge in [0.1, 0.15) is 17.3 Å². The van der Waals surface area contributed by atoms with Gasteiger partial charge in [0.15, 0.2) is 17.3 Å². The number of para-hydroxylation sites is 2. The van der Waals surface area contributed by atoms with Crippen LogP contribution >= 0.6 is 23.2 Å². The molecule has 19 heteroatoms. The Hall–Kier alpha value is -5.81. The molecule has 6 rings (SSSR count). The quantitative estimate of drug-likeness (QED) is 0.157. The van der Waals surface area contributed by atoms with Crippen LogP contribution in [0, 0.1) is 23.3 Å². The molecular weight excluding hydrogens is 790 g/mol. The van der Waals surface area contributed by atoms with E-state index in [0.717, 1.165) is 52.1 Å². The second-order valence-corrected chi connectivity index (χ2v) is 12.3. The summed E-state index contributed by atoms with van der Waals surface area (Å²) in [7, 11) is 2.61. The Kier molecular flexibility index (Phi) is 12.0. The standard InChI is InChI=1S/C18H12Cl2F3N3O.C18H11F6N3O/c1-26-8-11(16(25-26)17(22)23)18(27)24-15-10(3-2-4-14(15)21)9-5-6-12(19)13(20)7-9;1-27-8-11(16(26-27)18(22,23)24)17(28)25-15-10(3-2-4-13(15)20)9-5-6-12(19)14(21)7-9/h2-8,17H,1H3,(H,24,27);2-8H,1H3,(H,25,28). The Bertz CT molecular complexity index is 2410. The SMILES string of the molecule is Cn1cc(C(=O)Nc2c(F)cccc2-c2ccc(Cl)c(Cl)c2)c(C(F)F)n1.Cn1cc(C(=O)Nc2c(F)cccc2-c2ccc(F)c(F)c2)c(C(F)(F)F)n1. The second kappa shape index (κ2) is 16.3. The van der Waals surface area contributed by atoms with Crippen molar-refractivity contribution in [2.75, 3.05) is 10.6 Å². The minimum Gasteiger partial charge on any atom is -0.319 e. The molecule has 286 valence electrons. The van der Waals surface area contributed by atoms with Crippen molar-refractivity contribution < 1.29 is 49.1 Å². The van der Waals surface area contributed by atoms with Crippen LogP contribution in [0.5, 0.6) is 0 Å². The summed E-state index contributed by atoms with van der Waals surface area (Å²) in [6.45, 7) is 0. The van der Waals surface area contributed by atoms with Crippen LogP contribution in [0.1, 0.15) is 38.5 Å². The Labute approximate surface area is 315 Å². The Morgan fingerprint density at radius 1 is 0.655 bits per heavy atom. The van der Waals surface area contributed by atoms with Crippen molar-refractivity contribution in [2.45, 2.75) is 12.6 Å². The molecule has 4 aromatic carbocycles. The summed E-state index contributed by atoms with van der Waals surface area (Å²) in [5, 5.41) is 11.8. The molecule has 0 unspecified atom stereocenters. The number of nitrogens with zero attached hydrogens (tertiary/aromatic N) is 4. The van der Waals surface area contributed by atoms with Crippen LogP contribution in [0.15, 0.2) is 85.2 Å². The van der Waals surface area contributed by atoms with Crippen molar-refractivity contribution in [3.63, 3.8) is 0 Å². The Balaban J connectivity index is 0.000000211. The smallest absolute Gasteiger partial charge is 0.319 e. The highest BCUT2D eigenvalue weighted by molar-refractivity contribution is 6.42. The first-order valence-corrected chi connectivity index (χ1v) is 16.1. The van der Waals surface area contributed by atoms with Gasteiger partial charge in [0.25, 0.3) is 18.2 Å². The van der Waals surface area contributed by atoms with Crippen LogP contribution in [0.2, 0.25) is 10.0 Å². The maximum absolute atomic E-state index is 14.4. The lowest BCUT2D eigenvalue weighted by molar-refractivity contribution is -0.141. The average molecular weight is 814 g/mol. The summed E-state index contributed by atoms with van der Waals surface area (Å²) in [5.41, 5.74) is -3.09. The van der Waals surface area contributed by atoms with Crippen LogP contribution in [-0.2, 0) is 20.3 Å². The number of rotatable bonds is 7. The van der Waals surface area contributed by atoms with E-state index >= 15 is 0 Å². The highest BCUT2D eigenvalue weighted by Crippen LogP contribution is 2.36. The number of hydrogen-bond acceptors (Lipinski definition) is 4. The maximum Gasteiger partial charge on any atom is 0.435 e. The van der Waals surface area contributed by atoms with Crippen molar-refractivity contribution in [2.24, 2.45) is 14.1 Å². The summed E-state index contributed by atoms with van der Waals surface area (Å²) in [6.07, 6.45) is -5.85. The fourth-order valence-electron chi connectivity index (χ4n) is 5.18. The minimum absolute atomic E-state index is 0.0240. The van der Waals surface area contributed by atoms with Gasteiger partial charge in [-0.1, -0.05) is 59.6 Å². The van der Waals surface area contributed by atoms with Crippen LogP contribution in [0.4, 0.5) is 50.9 Å². The molecular formula is C36H23Cl2F9N6O2. The normalized spacial score (nSPS) is 11.3. The molecule has 2 heterocycles. The minimum atomic E-state index is -4.90. The molecule has 0 saturated heterocycles. The topological polar surface area (TPSA) is 93.8 Å². The number of amides is 2. The molecule has 8 nitrogen and oxygen atoms in total. The zero-order valence-corrected chi connectivity index (χ0v) is 29.4. The van der Waals surface area contributed by atoms with E-state index in [-0.39, 0.29) is 27.4 Å². The van der Waals surface area contributed by atoms with E-state index in [4.69, 9.17) is 23.2 Å². The van der Waals surface area contributed by atoms with E-state index in [1.54, 1.807) is 12.1 Å². The molecule has 0 spiro atoms. The summed E-state index contributed by atoms with van der Waals surface area (Å²) in [4.78, 5) is 24.9. The molecule has 0 radical (unpaired) electrons. The van der Waals surface area contributed by atoms with E-state index in [9.17, 15) is 49.1 Å². The van der Waals surface area contributed by atoms with E-state index in [1.165, 1.54) is 44.4 Å². The van der Waals surface area contributed by atoms with Gasteiger partial charge in [-0.05, 0) is 47.5 Å². The molecule has 0 atom stereocenters. The fourth-order valence-corrected chi connectivity index (χ4v) is 5.48. The van der Waals surface area contributed by atoms with Crippen molar-refractivity contribution in [3.8, 4) is 22.3 Å². The van der Waals surface area contributed by atoms with Crippen LogP contribution in [0.25, 0.3) is 22.3 Å². The van der Waals surface area contributed by atoms with Crippen LogP contribution < -0.4 is 10.6 Å². The van der Waals surface area contributed by atoms with Gasteiger partial charge in [-0.3, -0.25) is 19.0 Å². The number of aromatic nitrogens is 4. The number of anilines is 2. The van der Waals surface area contributed by atoms with Gasteiger partial charge in [0.2, 0.25) is 0 Å². The lowest BCUT2D eigenvalue weighted by atomic mass is 10.0. The summed E-state index contributed by atoms with van der Waals surface area (Å²) < 4.78 is 123.